The minimum Gasteiger partial charge on any atom is -0.494 e. The first-order chi connectivity index (χ1) is 12.6. The Morgan fingerprint density at radius 1 is 1.35 bits per heavy atom. The van der Waals surface area contributed by atoms with Gasteiger partial charge in [0.25, 0.3) is 0 Å². The second-order valence-electron chi connectivity index (χ2n) is 5.26. The van der Waals surface area contributed by atoms with E-state index in [9.17, 15) is 20.1 Å². The molecule has 7 nitrogen and oxygen atoms in total. The summed E-state index contributed by atoms with van der Waals surface area (Å²) in [6, 6.07) is 11.1. The van der Waals surface area contributed by atoms with Crippen LogP contribution in [0.1, 0.15) is 18.4 Å². The number of carbonyl (C=O) groups excluding carboxylic acids is 2. The number of thioether (sulfide) groups is 1. The maximum Gasteiger partial charge on any atom is 0.316 e. The third-order valence-corrected chi connectivity index (χ3v) is 4.77. The highest BCUT2D eigenvalue weighted by Gasteiger charge is 2.40. The summed E-state index contributed by atoms with van der Waals surface area (Å²) >= 11 is 0.997. The number of esters is 1. The third-order valence-electron chi connectivity index (χ3n) is 3.78. The van der Waals surface area contributed by atoms with Gasteiger partial charge in [-0.2, -0.15) is 10.5 Å². The Bertz CT molecular complexity index is 822. The molecule has 0 fully saturated rings. The Hall–Kier alpha value is -2.97. The number of amides is 1. The van der Waals surface area contributed by atoms with Gasteiger partial charge in [-0.25, -0.2) is 0 Å². The van der Waals surface area contributed by atoms with Gasteiger partial charge >= 0.3 is 5.97 Å². The van der Waals surface area contributed by atoms with Crippen LogP contribution in [0.2, 0.25) is 0 Å². The number of ether oxygens (including phenoxy) is 2. The molecule has 1 aliphatic rings. The van der Waals surface area contributed by atoms with Crippen LogP contribution < -0.4 is 10.1 Å². The van der Waals surface area contributed by atoms with Crippen molar-refractivity contribution in [3.63, 3.8) is 0 Å². The molecular weight excluding hydrogens is 354 g/mol. The van der Waals surface area contributed by atoms with Crippen molar-refractivity contribution in [1.29, 1.82) is 10.5 Å². The summed E-state index contributed by atoms with van der Waals surface area (Å²) in [5, 5.41) is 22.0. The molecule has 134 valence electrons. The molecular formula is C18H17N3O4S. The van der Waals surface area contributed by atoms with E-state index in [1.807, 2.05) is 13.0 Å². The SMILES string of the molecule is CCOc1ccccc1[C@H]1C(C#N)=C(SCC(=O)OC)NC(=O)[C@@H]1C#N. The van der Waals surface area contributed by atoms with E-state index < -0.39 is 23.7 Å². The second kappa shape index (κ2) is 8.93. The number of nitrogens with zero attached hydrogens (tertiary/aromatic N) is 2. The predicted octanol–water partition coefficient (Wildman–Crippen LogP) is 2.08. The molecule has 1 amide bonds. The topological polar surface area (TPSA) is 112 Å². The molecule has 0 bridgehead atoms. The van der Waals surface area contributed by atoms with Gasteiger partial charge in [-0.3, -0.25) is 9.59 Å². The van der Waals surface area contributed by atoms with Gasteiger partial charge in [-0.15, -0.1) is 0 Å². The van der Waals surface area contributed by atoms with Crippen molar-refractivity contribution in [3.8, 4) is 17.9 Å². The standard InChI is InChI=1S/C18H17N3O4S/c1-3-25-14-7-5-4-6-11(14)16-12(8-19)17(23)21-18(13(16)9-20)26-10-15(22)24-2/h4-7,12,16H,3,10H2,1-2H3,(H,21,23)/t12-,16-/m1/s1. The largest absolute Gasteiger partial charge is 0.494 e. The number of benzene rings is 1. The molecule has 0 spiro atoms. The fourth-order valence-corrected chi connectivity index (χ4v) is 3.51. The van der Waals surface area contributed by atoms with E-state index in [1.54, 1.807) is 24.3 Å². The van der Waals surface area contributed by atoms with Crippen LogP contribution in [0.25, 0.3) is 0 Å². The van der Waals surface area contributed by atoms with Crippen LogP contribution in [0.15, 0.2) is 34.9 Å². The lowest BCUT2D eigenvalue weighted by molar-refractivity contribution is -0.137. The van der Waals surface area contributed by atoms with E-state index in [2.05, 4.69) is 16.1 Å². The number of rotatable bonds is 6. The van der Waals surface area contributed by atoms with Crippen molar-refractivity contribution < 1.29 is 19.1 Å². The van der Waals surface area contributed by atoms with Crippen LogP contribution in [0, 0.1) is 28.6 Å². The Labute approximate surface area is 155 Å². The molecule has 2 rings (SSSR count). The summed E-state index contributed by atoms with van der Waals surface area (Å²) in [5.41, 5.74) is 0.806. The first-order valence-electron chi connectivity index (χ1n) is 7.83. The van der Waals surface area contributed by atoms with Gasteiger partial charge < -0.3 is 14.8 Å². The monoisotopic (exact) mass is 371 g/mol. The van der Waals surface area contributed by atoms with Crippen LogP contribution in [0.3, 0.4) is 0 Å². The molecule has 0 aromatic heterocycles. The molecule has 1 N–H and O–H groups in total. The minimum absolute atomic E-state index is 0.0612. The molecule has 1 aromatic carbocycles. The van der Waals surface area contributed by atoms with Gasteiger partial charge in [-0.05, 0) is 13.0 Å². The first-order valence-corrected chi connectivity index (χ1v) is 8.82. The van der Waals surface area contributed by atoms with Gasteiger partial charge in [0, 0.05) is 5.56 Å². The first kappa shape index (κ1) is 19.4. The van der Waals surface area contributed by atoms with E-state index in [0.29, 0.717) is 17.9 Å². The number of nitrogens with one attached hydrogen (secondary N) is 1. The molecule has 0 radical (unpaired) electrons. The third kappa shape index (κ3) is 3.98. The molecule has 1 aromatic rings. The second-order valence-corrected chi connectivity index (χ2v) is 6.25. The highest BCUT2D eigenvalue weighted by molar-refractivity contribution is 8.03. The average Bonchev–Trinajstić information content (AvgIpc) is 2.66. The molecule has 0 saturated carbocycles. The zero-order valence-corrected chi connectivity index (χ0v) is 15.1. The van der Waals surface area contributed by atoms with Gasteiger partial charge in [0.15, 0.2) is 0 Å². The van der Waals surface area contributed by atoms with Gasteiger partial charge in [0.05, 0.1) is 48.1 Å². The van der Waals surface area contributed by atoms with Crippen molar-refractivity contribution in [3.05, 3.63) is 40.4 Å². The van der Waals surface area contributed by atoms with Gasteiger partial charge in [0.2, 0.25) is 5.91 Å². The maximum absolute atomic E-state index is 12.4. The number of nitriles is 2. The van der Waals surface area contributed by atoms with E-state index in [4.69, 9.17) is 4.74 Å². The number of allylic oxidation sites excluding steroid dienone is 1. The Morgan fingerprint density at radius 2 is 2.08 bits per heavy atom. The zero-order chi connectivity index (χ0) is 19.1. The van der Waals surface area contributed by atoms with E-state index in [0.717, 1.165) is 11.8 Å². The number of para-hydroxylation sites is 1. The Kier molecular flexibility index (Phi) is 6.65. The molecule has 26 heavy (non-hydrogen) atoms. The lowest BCUT2D eigenvalue weighted by atomic mass is 9.79. The molecule has 8 heteroatoms. The molecule has 0 unspecified atom stereocenters. The number of hydrogen-bond acceptors (Lipinski definition) is 7. The summed E-state index contributed by atoms with van der Waals surface area (Å²) in [5.74, 6) is -2.40. The van der Waals surface area contributed by atoms with Crippen LogP contribution in [-0.2, 0) is 14.3 Å². The minimum atomic E-state index is -1.08. The zero-order valence-electron chi connectivity index (χ0n) is 14.3. The maximum atomic E-state index is 12.4. The van der Waals surface area contributed by atoms with Crippen LogP contribution in [0.4, 0.5) is 0 Å². The number of methoxy groups -OCH3 is 1. The summed E-state index contributed by atoms with van der Waals surface area (Å²) in [6.45, 7) is 2.23. The van der Waals surface area contributed by atoms with Crippen molar-refractivity contribution in [2.75, 3.05) is 19.5 Å². The van der Waals surface area contributed by atoms with Crippen LogP contribution in [0.5, 0.6) is 5.75 Å². The summed E-state index contributed by atoms with van der Waals surface area (Å²) in [4.78, 5) is 23.8. The highest BCUT2D eigenvalue weighted by atomic mass is 32.2. The molecule has 0 aliphatic carbocycles. The van der Waals surface area contributed by atoms with Crippen LogP contribution in [-0.4, -0.2) is 31.3 Å². The van der Waals surface area contributed by atoms with E-state index in [1.165, 1.54) is 7.11 Å². The van der Waals surface area contributed by atoms with Gasteiger partial charge in [-0.1, -0.05) is 30.0 Å². The van der Waals surface area contributed by atoms with Crippen molar-refractivity contribution in [2.45, 2.75) is 12.8 Å². The summed E-state index contributed by atoms with van der Waals surface area (Å²) in [6.07, 6.45) is 0. The lowest BCUT2D eigenvalue weighted by Gasteiger charge is -2.29. The van der Waals surface area contributed by atoms with Gasteiger partial charge in [0.1, 0.15) is 11.7 Å². The summed E-state index contributed by atoms with van der Waals surface area (Å²) < 4.78 is 10.2. The fourth-order valence-electron chi connectivity index (χ4n) is 2.63. The van der Waals surface area contributed by atoms with Crippen molar-refractivity contribution in [1.82, 2.24) is 5.32 Å². The Balaban J connectivity index is 2.55. The smallest absolute Gasteiger partial charge is 0.316 e. The molecule has 2 atom stereocenters. The number of carbonyl (C=O) groups is 2. The molecule has 1 aliphatic heterocycles. The van der Waals surface area contributed by atoms with E-state index in [-0.39, 0.29) is 16.4 Å². The molecule has 0 saturated heterocycles. The van der Waals surface area contributed by atoms with Crippen LogP contribution >= 0.6 is 11.8 Å². The quantitative estimate of drug-likeness (QED) is 0.762. The summed E-state index contributed by atoms with van der Waals surface area (Å²) in [7, 11) is 1.26. The highest BCUT2D eigenvalue weighted by Crippen LogP contribution is 2.42. The Morgan fingerprint density at radius 3 is 2.69 bits per heavy atom. The lowest BCUT2D eigenvalue weighted by Crippen LogP contribution is -2.39. The van der Waals surface area contributed by atoms with Crippen molar-refractivity contribution in [2.24, 2.45) is 5.92 Å². The number of hydrogen-bond donors (Lipinski definition) is 1. The normalized spacial score (nSPS) is 19.2. The van der Waals surface area contributed by atoms with E-state index >= 15 is 0 Å². The van der Waals surface area contributed by atoms with Crippen molar-refractivity contribution >= 4 is 23.6 Å². The average molecular weight is 371 g/mol. The fraction of sp³-hybridized carbons (Fsp3) is 0.333. The predicted molar refractivity (Wildman–Crippen MR) is 94.7 cm³/mol. The molecule has 1 heterocycles.